The Morgan fingerprint density at radius 1 is 0.714 bits per heavy atom. The Morgan fingerprint density at radius 2 is 1.14 bits per heavy atom. The Balaban J connectivity index is 1.59. The van der Waals surface area contributed by atoms with Crippen LogP contribution < -0.4 is 0 Å². The van der Waals surface area contributed by atoms with Gasteiger partial charge in [-0.3, -0.25) is 0 Å². The molecule has 1 saturated heterocycles. The molecular formula is C19H38OS. The normalized spacial score (nSPS) is 17.3. The molecule has 0 amide bonds. The summed E-state index contributed by atoms with van der Waals surface area (Å²) in [5, 5.41) is 0. The summed E-state index contributed by atoms with van der Waals surface area (Å²) in [4.78, 5) is 0. The molecule has 1 aliphatic rings. The van der Waals surface area contributed by atoms with Crippen LogP contribution in [0.5, 0.6) is 0 Å². The molecule has 0 saturated carbocycles. The Bertz CT molecular complexity index is 204. The van der Waals surface area contributed by atoms with Gasteiger partial charge in [-0.2, -0.15) is 11.8 Å². The topological polar surface area (TPSA) is 12.5 Å². The summed E-state index contributed by atoms with van der Waals surface area (Å²) in [7, 11) is 0. The van der Waals surface area contributed by atoms with Gasteiger partial charge in [-0.15, -0.1) is 0 Å². The summed E-state index contributed by atoms with van der Waals surface area (Å²) in [5.74, 6) is 2.58. The number of ether oxygens (including phenoxy) is 1. The molecule has 0 spiro atoms. The van der Waals surface area contributed by atoms with E-state index in [9.17, 15) is 0 Å². The lowest BCUT2D eigenvalue weighted by atomic mass is 10.0. The van der Waals surface area contributed by atoms with Crippen LogP contribution >= 0.6 is 11.8 Å². The second kappa shape index (κ2) is 15.2. The summed E-state index contributed by atoms with van der Waals surface area (Å²) in [5.41, 5.74) is 0. The molecule has 2 heteroatoms. The zero-order valence-electron chi connectivity index (χ0n) is 14.4. The molecular weight excluding hydrogens is 276 g/mol. The average molecular weight is 315 g/mol. The molecule has 0 N–H and O–H groups in total. The second-order valence-electron chi connectivity index (χ2n) is 6.63. The highest BCUT2D eigenvalue weighted by Gasteiger charge is 2.21. The zero-order chi connectivity index (χ0) is 15.0. The van der Waals surface area contributed by atoms with Crippen LogP contribution in [-0.2, 0) is 4.74 Å². The van der Waals surface area contributed by atoms with E-state index in [-0.39, 0.29) is 0 Å². The average Bonchev–Trinajstić information content (AvgIpc) is 3.31. The van der Waals surface area contributed by atoms with E-state index >= 15 is 0 Å². The molecule has 1 fully saturated rings. The first-order chi connectivity index (χ1) is 10.4. The fraction of sp³-hybridized carbons (Fsp3) is 1.00. The van der Waals surface area contributed by atoms with Crippen LogP contribution in [0.3, 0.4) is 0 Å². The van der Waals surface area contributed by atoms with Gasteiger partial charge in [-0.1, -0.05) is 90.4 Å². The van der Waals surface area contributed by atoms with E-state index in [0.717, 1.165) is 6.61 Å². The molecule has 0 unspecified atom stereocenters. The Hall–Kier alpha value is 0.310. The first kappa shape index (κ1) is 19.4. The molecule has 0 aromatic rings. The summed E-state index contributed by atoms with van der Waals surface area (Å²) < 4.78 is 5.21. The van der Waals surface area contributed by atoms with Crippen LogP contribution in [0, 0.1) is 0 Å². The molecule has 0 radical (unpaired) electrons. The standard InChI is InChI=1S/C19H38OS/c1-2-3-4-5-6-7-8-9-10-11-12-13-14-15-16-21-18-19-17-20-19/h19H,2-18H2,1H3/t19-/m0/s1. The molecule has 126 valence electrons. The van der Waals surface area contributed by atoms with Crippen LogP contribution in [0.4, 0.5) is 0 Å². The predicted octanol–water partition coefficient (Wildman–Crippen LogP) is 6.60. The van der Waals surface area contributed by atoms with Gasteiger partial charge in [-0.25, -0.2) is 0 Å². The van der Waals surface area contributed by atoms with E-state index in [4.69, 9.17) is 4.74 Å². The van der Waals surface area contributed by atoms with Gasteiger partial charge in [0.15, 0.2) is 0 Å². The quantitative estimate of drug-likeness (QED) is 0.221. The number of rotatable bonds is 17. The highest BCUT2D eigenvalue weighted by molar-refractivity contribution is 7.99. The molecule has 0 bridgehead atoms. The summed E-state index contributed by atoms with van der Waals surface area (Å²) in [6.45, 7) is 3.31. The van der Waals surface area contributed by atoms with Crippen molar-refractivity contribution in [1.29, 1.82) is 0 Å². The van der Waals surface area contributed by atoms with E-state index in [1.54, 1.807) is 0 Å². The van der Waals surface area contributed by atoms with E-state index in [2.05, 4.69) is 18.7 Å². The summed E-state index contributed by atoms with van der Waals surface area (Å²) in [6, 6.07) is 0. The number of hydrogen-bond donors (Lipinski definition) is 0. The van der Waals surface area contributed by atoms with E-state index in [1.807, 2.05) is 0 Å². The third-order valence-electron chi connectivity index (χ3n) is 4.35. The van der Waals surface area contributed by atoms with E-state index in [0.29, 0.717) is 6.10 Å². The van der Waals surface area contributed by atoms with Crippen molar-refractivity contribution in [3.8, 4) is 0 Å². The molecule has 0 aromatic carbocycles. The maximum Gasteiger partial charge on any atom is 0.0900 e. The van der Waals surface area contributed by atoms with Crippen molar-refractivity contribution in [1.82, 2.24) is 0 Å². The van der Waals surface area contributed by atoms with Crippen LogP contribution in [0.1, 0.15) is 96.8 Å². The van der Waals surface area contributed by atoms with Crippen molar-refractivity contribution in [2.75, 3.05) is 18.1 Å². The second-order valence-corrected chi connectivity index (χ2v) is 7.78. The van der Waals surface area contributed by atoms with Gasteiger partial charge >= 0.3 is 0 Å². The molecule has 1 aliphatic heterocycles. The largest absolute Gasteiger partial charge is 0.372 e. The van der Waals surface area contributed by atoms with Gasteiger partial charge < -0.3 is 4.74 Å². The van der Waals surface area contributed by atoms with Crippen LogP contribution in [0.15, 0.2) is 0 Å². The van der Waals surface area contributed by atoms with Gasteiger partial charge in [0.05, 0.1) is 12.7 Å². The summed E-state index contributed by atoms with van der Waals surface area (Å²) >= 11 is 2.08. The smallest absolute Gasteiger partial charge is 0.0900 e. The number of thioether (sulfide) groups is 1. The maximum absolute atomic E-state index is 5.21. The number of epoxide rings is 1. The lowest BCUT2D eigenvalue weighted by Crippen LogP contribution is -1.91. The highest BCUT2D eigenvalue weighted by atomic mass is 32.2. The van der Waals surface area contributed by atoms with Crippen molar-refractivity contribution in [2.45, 2.75) is 103 Å². The lowest BCUT2D eigenvalue weighted by Gasteiger charge is -2.03. The van der Waals surface area contributed by atoms with Gasteiger partial charge in [0, 0.05) is 5.75 Å². The molecule has 1 atom stereocenters. The molecule has 1 heterocycles. The van der Waals surface area contributed by atoms with Crippen molar-refractivity contribution in [3.05, 3.63) is 0 Å². The minimum absolute atomic E-state index is 0.613. The summed E-state index contributed by atoms with van der Waals surface area (Å²) in [6.07, 6.45) is 21.0. The Kier molecular flexibility index (Phi) is 14.0. The maximum atomic E-state index is 5.21. The Labute approximate surface area is 138 Å². The van der Waals surface area contributed by atoms with Crippen molar-refractivity contribution in [3.63, 3.8) is 0 Å². The van der Waals surface area contributed by atoms with Crippen LogP contribution in [0.2, 0.25) is 0 Å². The zero-order valence-corrected chi connectivity index (χ0v) is 15.2. The van der Waals surface area contributed by atoms with Gasteiger partial charge in [0.1, 0.15) is 0 Å². The molecule has 0 aliphatic carbocycles. The van der Waals surface area contributed by atoms with Gasteiger partial charge in [0.25, 0.3) is 0 Å². The number of hydrogen-bond acceptors (Lipinski definition) is 2. The molecule has 1 rings (SSSR count). The molecule has 21 heavy (non-hydrogen) atoms. The highest BCUT2D eigenvalue weighted by Crippen LogP contribution is 2.18. The molecule has 1 nitrogen and oxygen atoms in total. The van der Waals surface area contributed by atoms with Crippen molar-refractivity contribution in [2.24, 2.45) is 0 Å². The fourth-order valence-electron chi connectivity index (χ4n) is 2.78. The minimum atomic E-state index is 0.613. The number of unbranched alkanes of at least 4 members (excludes halogenated alkanes) is 13. The third kappa shape index (κ3) is 15.0. The Morgan fingerprint density at radius 3 is 1.57 bits per heavy atom. The predicted molar refractivity (Wildman–Crippen MR) is 97.4 cm³/mol. The van der Waals surface area contributed by atoms with Crippen LogP contribution in [0.25, 0.3) is 0 Å². The van der Waals surface area contributed by atoms with Crippen LogP contribution in [-0.4, -0.2) is 24.2 Å². The third-order valence-corrected chi connectivity index (χ3v) is 5.53. The monoisotopic (exact) mass is 314 g/mol. The van der Waals surface area contributed by atoms with Crippen molar-refractivity contribution < 1.29 is 4.74 Å². The lowest BCUT2D eigenvalue weighted by molar-refractivity contribution is 0.426. The minimum Gasteiger partial charge on any atom is -0.372 e. The van der Waals surface area contributed by atoms with Crippen molar-refractivity contribution >= 4 is 11.8 Å². The van der Waals surface area contributed by atoms with E-state index in [1.165, 1.54) is 101 Å². The molecule has 0 aromatic heterocycles. The first-order valence-electron chi connectivity index (χ1n) is 9.63. The van der Waals surface area contributed by atoms with Gasteiger partial charge in [0.2, 0.25) is 0 Å². The van der Waals surface area contributed by atoms with E-state index < -0.39 is 0 Å². The first-order valence-corrected chi connectivity index (χ1v) is 10.8. The SMILES string of the molecule is CCCCCCCCCCCCCCCCSC[C@@H]1CO1. The fourth-order valence-corrected chi connectivity index (χ4v) is 3.81. The van der Waals surface area contributed by atoms with Gasteiger partial charge in [-0.05, 0) is 12.2 Å².